The fourth-order valence-corrected chi connectivity index (χ4v) is 3.82. The van der Waals surface area contributed by atoms with E-state index in [4.69, 9.17) is 4.74 Å². The number of carbonyl (C=O) groups excluding carboxylic acids is 1. The van der Waals surface area contributed by atoms with Gasteiger partial charge >= 0.3 is 0 Å². The van der Waals surface area contributed by atoms with E-state index < -0.39 is 0 Å². The molecule has 0 unspecified atom stereocenters. The SMILES string of the molecule is O=C(NCCSCc1ccccc1)c1ccc(C[NH+]2CCOCC2)cc1. The number of benzene rings is 2. The van der Waals surface area contributed by atoms with Crippen molar-refractivity contribution in [1.29, 1.82) is 0 Å². The zero-order valence-corrected chi connectivity index (χ0v) is 15.9. The first-order valence-electron chi connectivity index (χ1n) is 9.21. The molecule has 0 radical (unpaired) electrons. The highest BCUT2D eigenvalue weighted by molar-refractivity contribution is 7.98. The minimum Gasteiger partial charge on any atom is -0.370 e. The van der Waals surface area contributed by atoms with Gasteiger partial charge in [-0.3, -0.25) is 4.79 Å². The molecule has 0 aromatic heterocycles. The van der Waals surface area contributed by atoms with Crippen LogP contribution in [0.15, 0.2) is 54.6 Å². The van der Waals surface area contributed by atoms with Crippen LogP contribution in [0.2, 0.25) is 0 Å². The summed E-state index contributed by atoms with van der Waals surface area (Å²) in [7, 11) is 0. The summed E-state index contributed by atoms with van der Waals surface area (Å²) in [6, 6.07) is 18.4. The molecule has 5 heteroatoms. The van der Waals surface area contributed by atoms with Gasteiger partial charge in [0, 0.05) is 29.2 Å². The first-order chi connectivity index (χ1) is 12.8. The van der Waals surface area contributed by atoms with E-state index >= 15 is 0 Å². The zero-order chi connectivity index (χ0) is 18.0. The van der Waals surface area contributed by atoms with Crippen LogP contribution in [0, 0.1) is 0 Å². The van der Waals surface area contributed by atoms with Gasteiger partial charge in [-0.15, -0.1) is 0 Å². The molecule has 2 N–H and O–H groups in total. The van der Waals surface area contributed by atoms with Crippen molar-refractivity contribution in [3.63, 3.8) is 0 Å². The van der Waals surface area contributed by atoms with Gasteiger partial charge in [0.05, 0.1) is 13.2 Å². The summed E-state index contributed by atoms with van der Waals surface area (Å²) in [6.45, 7) is 5.50. The fraction of sp³-hybridized carbons (Fsp3) is 0.381. The van der Waals surface area contributed by atoms with Gasteiger partial charge in [-0.25, -0.2) is 0 Å². The number of nitrogens with one attached hydrogen (secondary N) is 2. The van der Waals surface area contributed by atoms with Crippen molar-refractivity contribution in [3.05, 3.63) is 71.3 Å². The van der Waals surface area contributed by atoms with Crippen LogP contribution in [-0.2, 0) is 17.0 Å². The van der Waals surface area contributed by atoms with Gasteiger partial charge < -0.3 is 15.0 Å². The number of morpholine rings is 1. The van der Waals surface area contributed by atoms with Crippen molar-refractivity contribution in [2.24, 2.45) is 0 Å². The van der Waals surface area contributed by atoms with Gasteiger partial charge in [0.25, 0.3) is 5.91 Å². The van der Waals surface area contributed by atoms with Crippen LogP contribution in [0.5, 0.6) is 0 Å². The summed E-state index contributed by atoms with van der Waals surface area (Å²) in [6.07, 6.45) is 0. The second kappa shape index (κ2) is 10.4. The molecule has 1 fully saturated rings. The average Bonchev–Trinajstić information content (AvgIpc) is 2.70. The van der Waals surface area contributed by atoms with E-state index in [1.807, 2.05) is 30.0 Å². The lowest BCUT2D eigenvalue weighted by atomic mass is 10.1. The lowest BCUT2D eigenvalue weighted by Crippen LogP contribution is -3.12. The summed E-state index contributed by atoms with van der Waals surface area (Å²) in [5.74, 6) is 1.91. The van der Waals surface area contributed by atoms with E-state index in [2.05, 4.69) is 41.7 Å². The van der Waals surface area contributed by atoms with Gasteiger partial charge in [0.15, 0.2) is 0 Å². The minimum atomic E-state index is 0.00980. The molecular formula is C21H27N2O2S+. The lowest BCUT2D eigenvalue weighted by Gasteiger charge is -2.23. The van der Waals surface area contributed by atoms with Crippen LogP contribution in [0.3, 0.4) is 0 Å². The summed E-state index contributed by atoms with van der Waals surface area (Å²) in [5.41, 5.74) is 3.33. The Morgan fingerprint density at radius 2 is 1.73 bits per heavy atom. The monoisotopic (exact) mass is 371 g/mol. The number of hydrogen-bond acceptors (Lipinski definition) is 3. The van der Waals surface area contributed by atoms with Crippen molar-refractivity contribution in [3.8, 4) is 0 Å². The Kier molecular flexibility index (Phi) is 7.55. The van der Waals surface area contributed by atoms with Crippen LogP contribution < -0.4 is 10.2 Å². The second-order valence-electron chi connectivity index (χ2n) is 6.53. The summed E-state index contributed by atoms with van der Waals surface area (Å²) >= 11 is 1.84. The average molecular weight is 372 g/mol. The Bertz CT molecular complexity index is 670. The Morgan fingerprint density at radius 1 is 1.00 bits per heavy atom. The van der Waals surface area contributed by atoms with Crippen molar-refractivity contribution in [2.45, 2.75) is 12.3 Å². The number of quaternary nitrogens is 1. The van der Waals surface area contributed by atoms with Gasteiger partial charge in [-0.1, -0.05) is 42.5 Å². The van der Waals surface area contributed by atoms with Crippen molar-refractivity contribution in [2.75, 3.05) is 38.6 Å². The number of ether oxygens (including phenoxy) is 1. The number of hydrogen-bond donors (Lipinski definition) is 2. The first-order valence-corrected chi connectivity index (χ1v) is 10.4. The molecule has 3 rings (SSSR count). The van der Waals surface area contributed by atoms with E-state index in [1.54, 1.807) is 4.90 Å². The third kappa shape index (κ3) is 6.16. The highest BCUT2D eigenvalue weighted by Gasteiger charge is 2.14. The number of amides is 1. The standard InChI is InChI=1S/C21H26N2O2S/c24-21(22-10-15-26-17-19-4-2-1-3-5-19)20-8-6-18(7-9-20)16-23-11-13-25-14-12-23/h1-9H,10-17H2,(H,22,24)/p+1. The highest BCUT2D eigenvalue weighted by Crippen LogP contribution is 2.11. The third-order valence-corrected chi connectivity index (χ3v) is 5.54. The molecule has 0 saturated carbocycles. The Morgan fingerprint density at radius 3 is 2.46 bits per heavy atom. The molecule has 0 aliphatic carbocycles. The fourth-order valence-electron chi connectivity index (χ4n) is 3.00. The van der Waals surface area contributed by atoms with Crippen LogP contribution in [0.1, 0.15) is 21.5 Å². The molecule has 0 atom stereocenters. The topological polar surface area (TPSA) is 42.8 Å². The molecule has 138 valence electrons. The van der Waals surface area contributed by atoms with Gasteiger partial charge in [0.1, 0.15) is 19.6 Å². The maximum atomic E-state index is 12.2. The second-order valence-corrected chi connectivity index (χ2v) is 7.64. The summed E-state index contributed by atoms with van der Waals surface area (Å²) in [4.78, 5) is 13.8. The number of rotatable bonds is 8. The molecule has 0 bridgehead atoms. The van der Waals surface area contributed by atoms with Gasteiger partial charge in [0.2, 0.25) is 0 Å². The minimum absolute atomic E-state index is 0.00980. The Hall–Kier alpha value is -1.82. The van der Waals surface area contributed by atoms with E-state index in [9.17, 15) is 4.79 Å². The lowest BCUT2D eigenvalue weighted by molar-refractivity contribution is -0.921. The third-order valence-electron chi connectivity index (χ3n) is 4.51. The molecule has 4 nitrogen and oxygen atoms in total. The normalized spacial score (nSPS) is 14.9. The van der Waals surface area contributed by atoms with Crippen LogP contribution in [0.25, 0.3) is 0 Å². The number of carbonyl (C=O) groups is 1. The molecule has 1 amide bonds. The highest BCUT2D eigenvalue weighted by atomic mass is 32.2. The Labute approximate surface area is 159 Å². The molecule has 1 aliphatic heterocycles. The molecule has 2 aromatic rings. The molecule has 1 heterocycles. The van der Waals surface area contributed by atoms with E-state index in [-0.39, 0.29) is 5.91 Å². The maximum absolute atomic E-state index is 12.2. The van der Waals surface area contributed by atoms with E-state index in [0.29, 0.717) is 6.54 Å². The Balaban J connectivity index is 1.36. The van der Waals surface area contributed by atoms with Crippen molar-refractivity contribution >= 4 is 17.7 Å². The molecule has 1 aliphatic rings. The summed E-state index contributed by atoms with van der Waals surface area (Å²) < 4.78 is 5.39. The van der Waals surface area contributed by atoms with Crippen molar-refractivity contribution < 1.29 is 14.4 Å². The predicted molar refractivity (Wildman–Crippen MR) is 107 cm³/mol. The van der Waals surface area contributed by atoms with Gasteiger partial charge in [-0.05, 0) is 17.7 Å². The van der Waals surface area contributed by atoms with Crippen molar-refractivity contribution in [1.82, 2.24) is 5.32 Å². The van der Waals surface area contributed by atoms with Crippen LogP contribution >= 0.6 is 11.8 Å². The van der Waals surface area contributed by atoms with Crippen LogP contribution in [0.4, 0.5) is 0 Å². The maximum Gasteiger partial charge on any atom is 0.251 e. The van der Waals surface area contributed by atoms with Crippen LogP contribution in [-0.4, -0.2) is 44.5 Å². The molecule has 0 spiro atoms. The van der Waals surface area contributed by atoms with Gasteiger partial charge in [-0.2, -0.15) is 11.8 Å². The van der Waals surface area contributed by atoms with E-state index in [0.717, 1.165) is 49.9 Å². The zero-order valence-electron chi connectivity index (χ0n) is 15.1. The molecular weight excluding hydrogens is 344 g/mol. The molecule has 2 aromatic carbocycles. The largest absolute Gasteiger partial charge is 0.370 e. The smallest absolute Gasteiger partial charge is 0.251 e. The quantitative estimate of drug-likeness (QED) is 0.695. The molecule has 26 heavy (non-hydrogen) atoms. The predicted octanol–water partition coefficient (Wildman–Crippen LogP) is 1.76. The summed E-state index contributed by atoms with van der Waals surface area (Å²) in [5, 5.41) is 3.00. The van der Waals surface area contributed by atoms with E-state index in [1.165, 1.54) is 11.1 Å². The number of thioether (sulfide) groups is 1. The first kappa shape index (κ1) is 19.0. The molecule has 1 saturated heterocycles.